The summed E-state index contributed by atoms with van der Waals surface area (Å²) in [6.07, 6.45) is 2.55. The SMILES string of the molecule is CC1CCC(NS(=O)(=O)c2cc(N)c(F)cc2F)C(C)C1. The molecule has 3 N–H and O–H groups in total. The van der Waals surface area contributed by atoms with E-state index in [1.165, 1.54) is 0 Å². The van der Waals surface area contributed by atoms with Gasteiger partial charge in [0.25, 0.3) is 0 Å². The first-order valence-corrected chi connectivity index (χ1v) is 8.46. The van der Waals surface area contributed by atoms with Crippen LogP contribution >= 0.6 is 0 Å². The molecule has 1 aromatic rings. The van der Waals surface area contributed by atoms with Crippen LogP contribution in [-0.4, -0.2) is 14.5 Å². The van der Waals surface area contributed by atoms with Gasteiger partial charge in [-0.1, -0.05) is 13.8 Å². The van der Waals surface area contributed by atoms with Gasteiger partial charge < -0.3 is 5.73 Å². The van der Waals surface area contributed by atoms with Crippen LogP contribution in [0.5, 0.6) is 0 Å². The zero-order valence-corrected chi connectivity index (χ0v) is 12.9. The third-order valence-electron chi connectivity index (χ3n) is 4.08. The number of rotatable bonds is 3. The predicted octanol–water partition coefficient (Wildman–Crippen LogP) is 2.65. The van der Waals surface area contributed by atoms with Gasteiger partial charge in [-0.15, -0.1) is 0 Å². The summed E-state index contributed by atoms with van der Waals surface area (Å²) in [5.74, 6) is -1.37. The molecule has 0 radical (unpaired) electrons. The summed E-state index contributed by atoms with van der Waals surface area (Å²) in [6, 6.07) is 1.08. The molecule has 4 nitrogen and oxygen atoms in total. The quantitative estimate of drug-likeness (QED) is 0.842. The van der Waals surface area contributed by atoms with Gasteiger partial charge in [0.15, 0.2) is 0 Å². The summed E-state index contributed by atoms with van der Waals surface area (Å²) in [5.41, 5.74) is 4.94. The minimum atomic E-state index is -4.05. The lowest BCUT2D eigenvalue weighted by molar-refractivity contribution is 0.249. The van der Waals surface area contributed by atoms with Crippen molar-refractivity contribution in [1.29, 1.82) is 0 Å². The van der Waals surface area contributed by atoms with Gasteiger partial charge in [-0.25, -0.2) is 21.9 Å². The highest BCUT2D eigenvalue weighted by Crippen LogP contribution is 2.30. The van der Waals surface area contributed by atoms with Crippen LogP contribution in [0.4, 0.5) is 14.5 Å². The van der Waals surface area contributed by atoms with E-state index in [9.17, 15) is 17.2 Å². The average Bonchev–Trinajstić information content (AvgIpc) is 2.37. The van der Waals surface area contributed by atoms with Gasteiger partial charge in [0.2, 0.25) is 10.0 Å². The first kappa shape index (κ1) is 16.2. The number of hydrogen-bond donors (Lipinski definition) is 2. The van der Waals surface area contributed by atoms with Crippen LogP contribution in [0, 0.1) is 23.5 Å². The highest BCUT2D eigenvalue weighted by molar-refractivity contribution is 7.89. The predicted molar refractivity (Wildman–Crippen MR) is 77.1 cm³/mol. The van der Waals surface area contributed by atoms with Crippen molar-refractivity contribution in [3.8, 4) is 0 Å². The molecule has 1 saturated carbocycles. The average molecular weight is 318 g/mol. The second-order valence-corrected chi connectivity index (χ2v) is 7.61. The number of benzene rings is 1. The molecule has 7 heteroatoms. The van der Waals surface area contributed by atoms with Crippen LogP contribution in [0.1, 0.15) is 33.1 Å². The Bertz CT molecular complexity index is 634. The van der Waals surface area contributed by atoms with E-state index in [0.717, 1.165) is 18.9 Å². The molecule has 1 aromatic carbocycles. The lowest BCUT2D eigenvalue weighted by atomic mass is 9.80. The van der Waals surface area contributed by atoms with E-state index in [1.54, 1.807) is 0 Å². The Kier molecular flexibility index (Phi) is 4.53. The summed E-state index contributed by atoms with van der Waals surface area (Å²) >= 11 is 0. The van der Waals surface area contributed by atoms with Crippen molar-refractivity contribution in [2.75, 3.05) is 5.73 Å². The topological polar surface area (TPSA) is 72.2 Å². The summed E-state index contributed by atoms with van der Waals surface area (Å²) in [7, 11) is -4.05. The second kappa shape index (κ2) is 5.88. The van der Waals surface area contributed by atoms with E-state index < -0.39 is 26.6 Å². The van der Waals surface area contributed by atoms with E-state index in [0.29, 0.717) is 18.4 Å². The highest BCUT2D eigenvalue weighted by atomic mass is 32.2. The summed E-state index contributed by atoms with van der Waals surface area (Å²) < 4.78 is 53.9. The molecule has 118 valence electrons. The Balaban J connectivity index is 2.25. The molecule has 0 aliphatic heterocycles. The maximum Gasteiger partial charge on any atom is 0.243 e. The Labute approximate surface area is 123 Å². The fraction of sp³-hybridized carbons (Fsp3) is 0.571. The van der Waals surface area contributed by atoms with Gasteiger partial charge in [0.1, 0.15) is 16.5 Å². The molecular formula is C14H20F2N2O2S. The van der Waals surface area contributed by atoms with Crippen molar-refractivity contribution >= 4 is 15.7 Å². The lowest BCUT2D eigenvalue weighted by Gasteiger charge is -2.32. The largest absolute Gasteiger partial charge is 0.396 e. The van der Waals surface area contributed by atoms with E-state index in [1.807, 2.05) is 6.92 Å². The Morgan fingerprint density at radius 2 is 1.86 bits per heavy atom. The van der Waals surface area contributed by atoms with Crippen LogP contribution < -0.4 is 10.5 Å². The fourth-order valence-electron chi connectivity index (χ4n) is 2.85. The van der Waals surface area contributed by atoms with Crippen molar-refractivity contribution in [1.82, 2.24) is 4.72 Å². The van der Waals surface area contributed by atoms with E-state index in [2.05, 4.69) is 11.6 Å². The fourth-order valence-corrected chi connectivity index (χ4v) is 4.33. The number of nitrogen functional groups attached to an aromatic ring is 1. The maximum absolute atomic E-state index is 13.7. The molecule has 0 bridgehead atoms. The van der Waals surface area contributed by atoms with Gasteiger partial charge in [0.05, 0.1) is 5.69 Å². The zero-order valence-electron chi connectivity index (χ0n) is 12.1. The smallest absolute Gasteiger partial charge is 0.243 e. The molecule has 0 spiro atoms. The number of halogens is 2. The molecule has 21 heavy (non-hydrogen) atoms. The first-order chi connectivity index (χ1) is 9.70. The van der Waals surface area contributed by atoms with Crippen molar-refractivity contribution in [3.05, 3.63) is 23.8 Å². The van der Waals surface area contributed by atoms with E-state index in [-0.39, 0.29) is 17.6 Å². The van der Waals surface area contributed by atoms with E-state index >= 15 is 0 Å². The van der Waals surface area contributed by atoms with Crippen LogP contribution in [0.25, 0.3) is 0 Å². The van der Waals surface area contributed by atoms with Crippen LogP contribution in [0.15, 0.2) is 17.0 Å². The minimum absolute atomic E-state index is 0.171. The van der Waals surface area contributed by atoms with Gasteiger partial charge in [-0.3, -0.25) is 0 Å². The molecule has 1 fully saturated rings. The zero-order chi connectivity index (χ0) is 15.8. The van der Waals surface area contributed by atoms with E-state index in [4.69, 9.17) is 5.73 Å². The van der Waals surface area contributed by atoms with Crippen LogP contribution in [0.3, 0.4) is 0 Å². The van der Waals surface area contributed by atoms with Crippen molar-refractivity contribution < 1.29 is 17.2 Å². The number of nitrogens with two attached hydrogens (primary N) is 1. The summed E-state index contributed by atoms with van der Waals surface area (Å²) in [6.45, 7) is 4.10. The number of hydrogen-bond acceptors (Lipinski definition) is 3. The van der Waals surface area contributed by atoms with Crippen LogP contribution in [0.2, 0.25) is 0 Å². The van der Waals surface area contributed by atoms with Gasteiger partial charge in [-0.05, 0) is 37.2 Å². The monoisotopic (exact) mass is 318 g/mol. The van der Waals surface area contributed by atoms with Gasteiger partial charge in [0, 0.05) is 12.1 Å². The molecule has 0 heterocycles. The lowest BCUT2D eigenvalue weighted by Crippen LogP contribution is -2.42. The third-order valence-corrected chi connectivity index (χ3v) is 5.58. The number of nitrogens with one attached hydrogen (secondary N) is 1. The second-order valence-electron chi connectivity index (χ2n) is 5.93. The Hall–Kier alpha value is -1.21. The third kappa shape index (κ3) is 3.52. The Morgan fingerprint density at radius 3 is 2.48 bits per heavy atom. The molecule has 0 aromatic heterocycles. The first-order valence-electron chi connectivity index (χ1n) is 6.97. The number of anilines is 1. The van der Waals surface area contributed by atoms with Crippen molar-refractivity contribution in [2.24, 2.45) is 11.8 Å². The molecule has 3 unspecified atom stereocenters. The summed E-state index contributed by atoms with van der Waals surface area (Å²) in [5, 5.41) is 0. The standard InChI is InChI=1S/C14H20F2N2O2S/c1-8-3-4-13(9(2)5-8)18-21(19,20)14-7-12(17)10(15)6-11(14)16/h6-9,13,18H,3-5,17H2,1-2H3. The molecule has 2 rings (SSSR count). The molecular weight excluding hydrogens is 298 g/mol. The van der Waals surface area contributed by atoms with Gasteiger partial charge in [-0.2, -0.15) is 0 Å². The van der Waals surface area contributed by atoms with Crippen molar-refractivity contribution in [2.45, 2.75) is 44.0 Å². The van der Waals surface area contributed by atoms with Crippen LogP contribution in [-0.2, 0) is 10.0 Å². The highest BCUT2D eigenvalue weighted by Gasteiger charge is 2.31. The molecule has 0 amide bonds. The molecule has 0 saturated heterocycles. The minimum Gasteiger partial charge on any atom is -0.396 e. The van der Waals surface area contributed by atoms with Crippen molar-refractivity contribution in [3.63, 3.8) is 0 Å². The normalized spacial score (nSPS) is 26.8. The maximum atomic E-state index is 13.7. The molecule has 3 atom stereocenters. The molecule has 1 aliphatic rings. The number of sulfonamides is 1. The molecule has 1 aliphatic carbocycles. The van der Waals surface area contributed by atoms with Gasteiger partial charge >= 0.3 is 0 Å². The summed E-state index contributed by atoms with van der Waals surface area (Å²) in [4.78, 5) is -0.604. The Morgan fingerprint density at radius 1 is 1.19 bits per heavy atom.